The van der Waals surface area contributed by atoms with Crippen molar-refractivity contribution in [3.63, 3.8) is 0 Å². The number of carbonyl (C=O) groups is 1. The molecule has 0 bridgehead atoms. The van der Waals surface area contributed by atoms with E-state index in [0.29, 0.717) is 23.2 Å². The molecule has 3 rings (SSSR count). The van der Waals surface area contributed by atoms with Gasteiger partial charge < -0.3 is 15.2 Å². The van der Waals surface area contributed by atoms with E-state index in [1.54, 1.807) is 12.1 Å². The van der Waals surface area contributed by atoms with Gasteiger partial charge in [-0.25, -0.2) is 4.39 Å². The van der Waals surface area contributed by atoms with Gasteiger partial charge in [-0.15, -0.1) is 0 Å². The van der Waals surface area contributed by atoms with E-state index in [1.165, 1.54) is 24.5 Å². The number of aromatic nitrogens is 4. The van der Waals surface area contributed by atoms with E-state index in [4.69, 9.17) is 21.4 Å². The van der Waals surface area contributed by atoms with Gasteiger partial charge in [0.15, 0.2) is 11.6 Å². The monoisotopic (exact) mass is 405 g/mol. The van der Waals surface area contributed by atoms with Crippen LogP contribution < -0.4 is 10.1 Å². The van der Waals surface area contributed by atoms with Crippen molar-refractivity contribution in [2.75, 3.05) is 18.5 Å². The molecule has 0 aliphatic heterocycles. The van der Waals surface area contributed by atoms with Gasteiger partial charge in [0.1, 0.15) is 18.1 Å². The average Bonchev–Trinajstić information content (AvgIpc) is 3.10. The fraction of sp³-hybridized carbons (Fsp3) is 0.222. The van der Waals surface area contributed by atoms with Crippen LogP contribution in [0.1, 0.15) is 12.0 Å². The molecular formula is C18H17ClFN5O3. The fourth-order valence-electron chi connectivity index (χ4n) is 2.49. The molecule has 0 atom stereocenters. The Morgan fingerprint density at radius 3 is 2.89 bits per heavy atom. The van der Waals surface area contributed by atoms with Crippen molar-refractivity contribution in [1.82, 2.24) is 20.4 Å². The summed E-state index contributed by atoms with van der Waals surface area (Å²) in [5, 5.41) is 26.1. The van der Waals surface area contributed by atoms with Crippen LogP contribution in [0.3, 0.4) is 0 Å². The van der Waals surface area contributed by atoms with Gasteiger partial charge in [0.05, 0.1) is 24.0 Å². The number of ether oxygens (including phenoxy) is 1. The number of nitrogens with zero attached hydrogens (tertiary/aromatic N) is 3. The maximum absolute atomic E-state index is 13.5. The molecule has 1 amide bonds. The first kappa shape index (κ1) is 19.7. The number of aliphatic hydroxyl groups is 1. The Morgan fingerprint density at radius 2 is 2.18 bits per heavy atom. The van der Waals surface area contributed by atoms with Gasteiger partial charge >= 0.3 is 0 Å². The highest BCUT2D eigenvalue weighted by Crippen LogP contribution is 2.34. The zero-order valence-corrected chi connectivity index (χ0v) is 15.4. The predicted octanol–water partition coefficient (Wildman–Crippen LogP) is 2.60. The number of halogens is 2. The maximum atomic E-state index is 13.5. The SMILES string of the molecule is O=C(CCc1ccc(Cl)c(F)c1)Nc1n[nH]c(-c2ccnnc2)c1OCCO. The van der Waals surface area contributed by atoms with Gasteiger partial charge in [0.2, 0.25) is 5.91 Å². The Balaban J connectivity index is 1.71. The summed E-state index contributed by atoms with van der Waals surface area (Å²) in [6, 6.07) is 6.12. The van der Waals surface area contributed by atoms with Gasteiger partial charge in [-0.2, -0.15) is 15.3 Å². The first-order valence-corrected chi connectivity index (χ1v) is 8.79. The van der Waals surface area contributed by atoms with Crippen molar-refractivity contribution in [2.45, 2.75) is 12.8 Å². The second-order valence-electron chi connectivity index (χ2n) is 5.78. The van der Waals surface area contributed by atoms with Gasteiger partial charge in [0, 0.05) is 12.0 Å². The summed E-state index contributed by atoms with van der Waals surface area (Å²) in [7, 11) is 0. The van der Waals surface area contributed by atoms with E-state index in [0.717, 1.165) is 0 Å². The quantitative estimate of drug-likeness (QED) is 0.531. The molecule has 0 saturated heterocycles. The number of aryl methyl sites for hydroxylation is 1. The molecule has 3 N–H and O–H groups in total. The van der Waals surface area contributed by atoms with Crippen molar-refractivity contribution in [1.29, 1.82) is 0 Å². The van der Waals surface area contributed by atoms with Crippen LogP contribution in [0.4, 0.5) is 10.2 Å². The number of aromatic amines is 1. The van der Waals surface area contributed by atoms with Crippen LogP contribution in [-0.4, -0.2) is 44.6 Å². The number of H-pyrrole nitrogens is 1. The number of anilines is 1. The van der Waals surface area contributed by atoms with Gasteiger partial charge in [0.25, 0.3) is 0 Å². The van der Waals surface area contributed by atoms with Crippen LogP contribution in [0.5, 0.6) is 5.75 Å². The summed E-state index contributed by atoms with van der Waals surface area (Å²) in [6.07, 6.45) is 3.47. The number of nitrogens with one attached hydrogen (secondary N) is 2. The lowest BCUT2D eigenvalue weighted by Crippen LogP contribution is -2.14. The van der Waals surface area contributed by atoms with Gasteiger partial charge in [-0.1, -0.05) is 17.7 Å². The highest BCUT2D eigenvalue weighted by Gasteiger charge is 2.18. The van der Waals surface area contributed by atoms with Crippen LogP contribution in [0, 0.1) is 5.82 Å². The van der Waals surface area contributed by atoms with Gasteiger partial charge in [-0.05, 0) is 30.2 Å². The van der Waals surface area contributed by atoms with Crippen molar-refractivity contribution in [2.24, 2.45) is 0 Å². The Hall–Kier alpha value is -3.04. The third-order valence-corrected chi connectivity index (χ3v) is 4.12. The molecule has 0 saturated carbocycles. The number of amides is 1. The summed E-state index contributed by atoms with van der Waals surface area (Å²) in [5.74, 6) is -0.377. The third-order valence-electron chi connectivity index (χ3n) is 3.81. The summed E-state index contributed by atoms with van der Waals surface area (Å²) >= 11 is 5.66. The lowest BCUT2D eigenvalue weighted by molar-refractivity contribution is -0.116. The fourth-order valence-corrected chi connectivity index (χ4v) is 2.60. The molecule has 0 fully saturated rings. The topological polar surface area (TPSA) is 113 Å². The summed E-state index contributed by atoms with van der Waals surface area (Å²) in [6.45, 7) is -0.174. The maximum Gasteiger partial charge on any atom is 0.226 e. The lowest BCUT2D eigenvalue weighted by Gasteiger charge is -2.08. The molecule has 8 nitrogen and oxygen atoms in total. The van der Waals surface area contributed by atoms with E-state index in [2.05, 4.69) is 25.7 Å². The summed E-state index contributed by atoms with van der Waals surface area (Å²) in [5.41, 5.74) is 1.81. The van der Waals surface area contributed by atoms with Crippen molar-refractivity contribution in [3.05, 3.63) is 53.1 Å². The molecule has 3 aromatic rings. The highest BCUT2D eigenvalue weighted by atomic mass is 35.5. The third kappa shape index (κ3) is 4.81. The number of aliphatic hydroxyl groups excluding tert-OH is 1. The first-order chi connectivity index (χ1) is 13.6. The van der Waals surface area contributed by atoms with Crippen molar-refractivity contribution in [3.8, 4) is 17.0 Å². The zero-order valence-electron chi connectivity index (χ0n) is 14.7. The average molecular weight is 406 g/mol. The van der Waals surface area contributed by atoms with Crippen molar-refractivity contribution >= 4 is 23.3 Å². The lowest BCUT2D eigenvalue weighted by atomic mass is 10.1. The molecule has 146 valence electrons. The number of hydrogen-bond donors (Lipinski definition) is 3. The molecule has 28 heavy (non-hydrogen) atoms. The molecule has 0 aliphatic rings. The normalized spacial score (nSPS) is 10.7. The number of benzene rings is 1. The second-order valence-corrected chi connectivity index (χ2v) is 6.18. The zero-order chi connectivity index (χ0) is 19.9. The summed E-state index contributed by atoms with van der Waals surface area (Å²) in [4.78, 5) is 12.3. The first-order valence-electron chi connectivity index (χ1n) is 8.41. The molecule has 1 aromatic carbocycles. The summed E-state index contributed by atoms with van der Waals surface area (Å²) < 4.78 is 19.0. The van der Waals surface area contributed by atoms with Crippen LogP contribution >= 0.6 is 11.6 Å². The minimum atomic E-state index is -0.526. The molecule has 10 heteroatoms. The standard InChI is InChI=1S/C18H17ClFN5O3/c19-13-3-1-11(9-14(13)20)2-4-15(27)23-18-17(28-8-7-26)16(24-25-18)12-5-6-21-22-10-12/h1,3,5-6,9-10,26H,2,4,7-8H2,(H2,23,24,25,27). The molecule has 0 spiro atoms. The molecule has 0 unspecified atom stereocenters. The number of hydrogen-bond acceptors (Lipinski definition) is 6. The Bertz CT molecular complexity index is 952. The largest absolute Gasteiger partial charge is 0.485 e. The minimum Gasteiger partial charge on any atom is -0.485 e. The number of carbonyl (C=O) groups excluding carboxylic acids is 1. The Morgan fingerprint density at radius 1 is 1.32 bits per heavy atom. The van der Waals surface area contributed by atoms with Crippen LogP contribution in [0.25, 0.3) is 11.3 Å². The van der Waals surface area contributed by atoms with Gasteiger partial charge in [-0.3, -0.25) is 9.89 Å². The van der Waals surface area contributed by atoms with E-state index in [9.17, 15) is 9.18 Å². The Labute approximate surface area is 164 Å². The van der Waals surface area contributed by atoms with Crippen molar-refractivity contribution < 1.29 is 19.0 Å². The number of rotatable bonds is 8. The molecule has 0 aliphatic carbocycles. The van der Waals surface area contributed by atoms with Crippen LogP contribution in [0.2, 0.25) is 5.02 Å². The van der Waals surface area contributed by atoms with E-state index in [1.807, 2.05) is 0 Å². The molecular weight excluding hydrogens is 389 g/mol. The second kappa shape index (κ2) is 9.25. The minimum absolute atomic E-state index is 0.0258. The Kier molecular flexibility index (Phi) is 6.51. The molecule has 2 aromatic heterocycles. The highest BCUT2D eigenvalue weighted by molar-refractivity contribution is 6.30. The van der Waals surface area contributed by atoms with E-state index >= 15 is 0 Å². The van der Waals surface area contributed by atoms with Crippen LogP contribution in [0.15, 0.2) is 36.7 Å². The van der Waals surface area contributed by atoms with Crippen LogP contribution in [-0.2, 0) is 11.2 Å². The van der Waals surface area contributed by atoms with E-state index < -0.39 is 5.82 Å². The smallest absolute Gasteiger partial charge is 0.226 e. The predicted molar refractivity (Wildman–Crippen MR) is 101 cm³/mol. The van der Waals surface area contributed by atoms with E-state index in [-0.39, 0.29) is 42.1 Å². The molecule has 2 heterocycles. The molecule has 0 radical (unpaired) electrons.